The molecule has 0 saturated heterocycles. The molecule has 106 valence electrons. The molecule has 0 aliphatic rings. The molecule has 0 saturated carbocycles. The minimum absolute atomic E-state index is 0.598. The monoisotopic (exact) mass is 340 g/mol. The van der Waals surface area contributed by atoms with Gasteiger partial charge in [0, 0.05) is 4.47 Å². The van der Waals surface area contributed by atoms with Crippen LogP contribution in [0.4, 0.5) is 0 Å². The predicted octanol–water partition coefficient (Wildman–Crippen LogP) is 5.25. The molecule has 3 aromatic rings. The van der Waals surface area contributed by atoms with E-state index in [0.29, 0.717) is 0 Å². The average Bonchev–Trinajstić information content (AvgIpc) is 2.55. The third-order valence-corrected chi connectivity index (χ3v) is 4.62. The standard InChI is InChI=1S/C19H17BrO/c1-2-13-7-3-4-8-14(13)19(21)17-11-12-18(20)16-10-6-5-9-15(16)17/h3-12,19,21H,2H2,1H3. The van der Waals surface area contributed by atoms with Gasteiger partial charge in [0.1, 0.15) is 6.10 Å². The summed E-state index contributed by atoms with van der Waals surface area (Å²) in [4.78, 5) is 0. The summed E-state index contributed by atoms with van der Waals surface area (Å²) in [6.45, 7) is 2.12. The largest absolute Gasteiger partial charge is 0.384 e. The number of aryl methyl sites for hydroxylation is 1. The molecule has 0 radical (unpaired) electrons. The maximum absolute atomic E-state index is 10.9. The van der Waals surface area contributed by atoms with Gasteiger partial charge in [0.2, 0.25) is 0 Å². The Labute approximate surface area is 133 Å². The lowest BCUT2D eigenvalue weighted by Crippen LogP contribution is -2.04. The molecule has 0 aliphatic heterocycles. The van der Waals surface area contributed by atoms with Crippen molar-refractivity contribution in [2.45, 2.75) is 19.4 Å². The van der Waals surface area contributed by atoms with Crippen molar-refractivity contribution < 1.29 is 5.11 Å². The van der Waals surface area contributed by atoms with Crippen LogP contribution in [0.2, 0.25) is 0 Å². The summed E-state index contributed by atoms with van der Waals surface area (Å²) in [7, 11) is 0. The topological polar surface area (TPSA) is 20.2 Å². The minimum atomic E-state index is -0.598. The van der Waals surface area contributed by atoms with Gasteiger partial charge in [-0.1, -0.05) is 77.5 Å². The first-order valence-corrected chi connectivity index (χ1v) is 7.94. The molecule has 0 bridgehead atoms. The number of halogens is 1. The number of hydrogen-bond acceptors (Lipinski definition) is 1. The van der Waals surface area contributed by atoms with Crippen molar-refractivity contribution in [3.63, 3.8) is 0 Å². The van der Waals surface area contributed by atoms with Gasteiger partial charge in [-0.15, -0.1) is 0 Å². The smallest absolute Gasteiger partial charge is 0.105 e. The molecule has 0 spiro atoms. The molecule has 0 aromatic heterocycles. The van der Waals surface area contributed by atoms with Crippen LogP contribution in [-0.4, -0.2) is 5.11 Å². The number of fused-ring (bicyclic) bond motifs is 1. The molecule has 21 heavy (non-hydrogen) atoms. The average molecular weight is 341 g/mol. The van der Waals surface area contributed by atoms with E-state index >= 15 is 0 Å². The van der Waals surface area contributed by atoms with E-state index in [1.165, 1.54) is 5.56 Å². The second-order valence-electron chi connectivity index (χ2n) is 5.14. The van der Waals surface area contributed by atoms with Gasteiger partial charge in [-0.3, -0.25) is 0 Å². The van der Waals surface area contributed by atoms with Crippen LogP contribution in [0.5, 0.6) is 0 Å². The van der Waals surface area contributed by atoms with Crippen molar-refractivity contribution in [3.8, 4) is 0 Å². The van der Waals surface area contributed by atoms with Gasteiger partial charge >= 0.3 is 0 Å². The number of aliphatic hydroxyl groups excluding tert-OH is 1. The number of rotatable bonds is 3. The van der Waals surface area contributed by atoms with Crippen LogP contribution >= 0.6 is 15.9 Å². The van der Waals surface area contributed by atoms with Gasteiger partial charge < -0.3 is 5.11 Å². The molecule has 0 aliphatic carbocycles. The molecule has 1 nitrogen and oxygen atoms in total. The molecular formula is C19H17BrO. The van der Waals surface area contributed by atoms with Crippen LogP contribution in [0.3, 0.4) is 0 Å². The summed E-state index contributed by atoms with van der Waals surface area (Å²) < 4.78 is 1.05. The van der Waals surface area contributed by atoms with Crippen molar-refractivity contribution in [2.75, 3.05) is 0 Å². The molecule has 3 aromatic carbocycles. The second kappa shape index (κ2) is 6.00. The second-order valence-corrected chi connectivity index (χ2v) is 5.99. The Kier molecular flexibility index (Phi) is 4.09. The van der Waals surface area contributed by atoms with Crippen LogP contribution in [0.25, 0.3) is 10.8 Å². The highest BCUT2D eigenvalue weighted by Gasteiger charge is 2.16. The Morgan fingerprint density at radius 3 is 2.29 bits per heavy atom. The quantitative estimate of drug-likeness (QED) is 0.690. The van der Waals surface area contributed by atoms with Gasteiger partial charge in [0.15, 0.2) is 0 Å². The predicted molar refractivity (Wildman–Crippen MR) is 91.5 cm³/mol. The van der Waals surface area contributed by atoms with E-state index in [2.05, 4.69) is 41.1 Å². The van der Waals surface area contributed by atoms with E-state index in [0.717, 1.165) is 32.8 Å². The van der Waals surface area contributed by atoms with E-state index in [9.17, 15) is 5.11 Å². The molecule has 1 unspecified atom stereocenters. The summed E-state index contributed by atoms with van der Waals surface area (Å²) >= 11 is 3.58. The summed E-state index contributed by atoms with van der Waals surface area (Å²) in [5.41, 5.74) is 3.14. The fourth-order valence-electron chi connectivity index (χ4n) is 2.81. The Morgan fingerprint density at radius 2 is 1.52 bits per heavy atom. The SMILES string of the molecule is CCc1ccccc1C(O)c1ccc(Br)c2ccccc12. The van der Waals surface area contributed by atoms with Gasteiger partial charge in [-0.2, -0.15) is 0 Å². The minimum Gasteiger partial charge on any atom is -0.384 e. The molecule has 0 amide bonds. The summed E-state index contributed by atoms with van der Waals surface area (Å²) in [6.07, 6.45) is 0.320. The summed E-state index contributed by atoms with van der Waals surface area (Å²) in [5, 5.41) is 13.1. The van der Waals surface area contributed by atoms with Crippen molar-refractivity contribution in [3.05, 3.63) is 81.8 Å². The first-order chi connectivity index (χ1) is 10.2. The number of aliphatic hydroxyl groups is 1. The van der Waals surface area contributed by atoms with Crippen molar-refractivity contribution in [1.82, 2.24) is 0 Å². The zero-order valence-electron chi connectivity index (χ0n) is 11.9. The fourth-order valence-corrected chi connectivity index (χ4v) is 3.29. The van der Waals surface area contributed by atoms with E-state index < -0.39 is 6.10 Å². The Morgan fingerprint density at radius 1 is 0.857 bits per heavy atom. The molecule has 1 atom stereocenters. The van der Waals surface area contributed by atoms with Gasteiger partial charge in [-0.25, -0.2) is 0 Å². The molecule has 3 rings (SSSR count). The lowest BCUT2D eigenvalue weighted by molar-refractivity contribution is 0.221. The first-order valence-electron chi connectivity index (χ1n) is 7.15. The van der Waals surface area contributed by atoms with Crippen molar-refractivity contribution in [1.29, 1.82) is 0 Å². The highest BCUT2D eigenvalue weighted by atomic mass is 79.9. The summed E-state index contributed by atoms with van der Waals surface area (Å²) in [5.74, 6) is 0. The van der Waals surface area contributed by atoms with Crippen molar-refractivity contribution >= 4 is 26.7 Å². The number of benzene rings is 3. The van der Waals surface area contributed by atoms with Crippen LogP contribution in [0.15, 0.2) is 65.1 Å². The maximum Gasteiger partial charge on any atom is 0.105 e. The molecule has 1 N–H and O–H groups in total. The zero-order chi connectivity index (χ0) is 14.8. The Bertz CT molecular complexity index is 779. The van der Waals surface area contributed by atoms with E-state index in [4.69, 9.17) is 0 Å². The molecule has 2 heteroatoms. The highest BCUT2D eigenvalue weighted by molar-refractivity contribution is 9.10. The van der Waals surface area contributed by atoms with Crippen LogP contribution in [0.1, 0.15) is 29.7 Å². The van der Waals surface area contributed by atoms with Gasteiger partial charge in [0.25, 0.3) is 0 Å². The zero-order valence-corrected chi connectivity index (χ0v) is 13.5. The lowest BCUT2D eigenvalue weighted by atomic mass is 9.92. The maximum atomic E-state index is 10.9. The Hall–Kier alpha value is -1.64. The van der Waals surface area contributed by atoms with Gasteiger partial charge in [-0.05, 0) is 39.9 Å². The van der Waals surface area contributed by atoms with Crippen LogP contribution in [0, 0.1) is 0 Å². The molecular weight excluding hydrogens is 324 g/mol. The third-order valence-electron chi connectivity index (χ3n) is 3.93. The van der Waals surface area contributed by atoms with E-state index in [1.54, 1.807) is 0 Å². The summed E-state index contributed by atoms with van der Waals surface area (Å²) in [6, 6.07) is 20.3. The van der Waals surface area contributed by atoms with Crippen LogP contribution < -0.4 is 0 Å². The van der Waals surface area contributed by atoms with Crippen molar-refractivity contribution in [2.24, 2.45) is 0 Å². The number of hydrogen-bond donors (Lipinski definition) is 1. The third kappa shape index (κ3) is 2.61. The Balaban J connectivity index is 2.18. The fraction of sp³-hybridized carbons (Fsp3) is 0.158. The molecule has 0 heterocycles. The van der Waals surface area contributed by atoms with Crippen LogP contribution in [-0.2, 0) is 6.42 Å². The van der Waals surface area contributed by atoms with E-state index in [-0.39, 0.29) is 0 Å². The normalized spacial score (nSPS) is 12.5. The molecule has 0 fully saturated rings. The first kappa shape index (κ1) is 14.3. The lowest BCUT2D eigenvalue weighted by Gasteiger charge is -2.18. The highest BCUT2D eigenvalue weighted by Crippen LogP contribution is 2.34. The van der Waals surface area contributed by atoms with E-state index in [1.807, 2.05) is 42.5 Å². The van der Waals surface area contributed by atoms with Gasteiger partial charge in [0.05, 0.1) is 0 Å².